The number of nitrogens with one attached hydrogen (secondary N) is 1. The van der Waals surface area contributed by atoms with Crippen molar-refractivity contribution in [2.45, 2.75) is 6.54 Å². The van der Waals surface area contributed by atoms with E-state index in [1.165, 1.54) is 0 Å². The predicted molar refractivity (Wildman–Crippen MR) is 159 cm³/mol. The molecule has 0 unspecified atom stereocenters. The Morgan fingerprint density at radius 1 is 0.725 bits per heavy atom. The molecular weight excluding hydrogens is 502 g/mol. The van der Waals surface area contributed by atoms with Crippen LogP contribution in [-0.4, -0.2) is 100 Å². The summed E-state index contributed by atoms with van der Waals surface area (Å²) in [7, 11) is 5.92. The smallest absolute Gasteiger partial charge is 0.253 e. The molecule has 8 nitrogen and oxygen atoms in total. The summed E-state index contributed by atoms with van der Waals surface area (Å²) in [6, 6.07) is 21.4. The minimum atomic E-state index is -0.114. The maximum atomic E-state index is 12.9. The van der Waals surface area contributed by atoms with Crippen LogP contribution in [-0.2, 0) is 6.54 Å². The molecule has 3 aromatic carbocycles. The van der Waals surface area contributed by atoms with Gasteiger partial charge in [-0.1, -0.05) is 30.3 Å². The number of piperazine rings is 2. The van der Waals surface area contributed by atoms with Crippen LogP contribution < -0.4 is 15.0 Å². The second-order valence-electron chi connectivity index (χ2n) is 10.7. The number of anilines is 1. The number of amides is 2. The van der Waals surface area contributed by atoms with Gasteiger partial charge in [-0.15, -0.1) is 0 Å². The highest BCUT2D eigenvalue weighted by Gasteiger charge is 2.21. The van der Waals surface area contributed by atoms with Crippen LogP contribution in [0.15, 0.2) is 66.7 Å². The predicted octanol–water partition coefficient (Wildman–Crippen LogP) is 3.43. The van der Waals surface area contributed by atoms with Gasteiger partial charge in [0.15, 0.2) is 0 Å². The molecule has 2 heterocycles. The molecule has 0 atom stereocenters. The van der Waals surface area contributed by atoms with Gasteiger partial charge in [0, 0.05) is 70.0 Å². The maximum absolute atomic E-state index is 12.9. The lowest BCUT2D eigenvalue weighted by molar-refractivity contribution is 0.0664. The monoisotopic (exact) mass is 541 g/mol. The Labute approximate surface area is 237 Å². The van der Waals surface area contributed by atoms with Crippen molar-refractivity contribution in [2.24, 2.45) is 0 Å². The van der Waals surface area contributed by atoms with Crippen LogP contribution in [0.3, 0.4) is 0 Å². The summed E-state index contributed by atoms with van der Waals surface area (Å²) in [4.78, 5) is 34.6. The molecule has 0 radical (unpaired) electrons. The summed E-state index contributed by atoms with van der Waals surface area (Å²) in [6.07, 6.45) is 0. The van der Waals surface area contributed by atoms with Gasteiger partial charge in [-0.25, -0.2) is 0 Å². The molecule has 2 aliphatic heterocycles. The molecule has 0 saturated carbocycles. The third-order valence-corrected chi connectivity index (χ3v) is 7.94. The summed E-state index contributed by atoms with van der Waals surface area (Å²) in [5, 5.41) is 3.05. The average molecular weight is 542 g/mol. The molecule has 8 heteroatoms. The lowest BCUT2D eigenvalue weighted by Crippen LogP contribution is -2.47. The number of benzene rings is 3. The van der Waals surface area contributed by atoms with Gasteiger partial charge >= 0.3 is 0 Å². The molecular formula is C32H39N5O3. The molecule has 40 heavy (non-hydrogen) atoms. The molecule has 5 rings (SSSR count). The molecule has 2 aliphatic rings. The molecule has 2 fully saturated rings. The molecule has 2 saturated heterocycles. The van der Waals surface area contributed by atoms with Gasteiger partial charge in [-0.05, 0) is 67.2 Å². The molecule has 210 valence electrons. The Hall–Kier alpha value is -3.88. The minimum absolute atomic E-state index is 0.0826. The highest BCUT2D eigenvalue weighted by molar-refractivity contribution is 5.95. The Morgan fingerprint density at radius 2 is 1.27 bits per heavy atom. The van der Waals surface area contributed by atoms with Crippen LogP contribution in [0, 0.1) is 0 Å². The fraction of sp³-hybridized carbons (Fsp3) is 0.375. The van der Waals surface area contributed by atoms with E-state index in [1.54, 1.807) is 7.11 Å². The van der Waals surface area contributed by atoms with Crippen molar-refractivity contribution in [1.82, 2.24) is 20.0 Å². The summed E-state index contributed by atoms with van der Waals surface area (Å²) >= 11 is 0. The quantitative estimate of drug-likeness (QED) is 0.495. The number of likely N-dealkylation sites (N-methyl/N-ethyl adjacent to an activating group) is 2. The van der Waals surface area contributed by atoms with Gasteiger partial charge < -0.3 is 29.7 Å². The average Bonchev–Trinajstić information content (AvgIpc) is 3.00. The Bertz CT molecular complexity index is 1310. The molecule has 0 spiro atoms. The van der Waals surface area contributed by atoms with E-state index in [0.29, 0.717) is 17.7 Å². The van der Waals surface area contributed by atoms with E-state index >= 15 is 0 Å². The first-order valence-corrected chi connectivity index (χ1v) is 14.0. The SMILES string of the molecule is COc1ccc(CNC(=O)c2ccc(-c3ccc(C(=O)N4CCN(C)CC4)cc3)cc2)cc1N1CCN(C)CC1. The summed E-state index contributed by atoms with van der Waals surface area (Å²) in [5.41, 5.74) is 5.43. The van der Waals surface area contributed by atoms with Crippen molar-refractivity contribution in [1.29, 1.82) is 0 Å². The van der Waals surface area contributed by atoms with E-state index < -0.39 is 0 Å². The van der Waals surface area contributed by atoms with Crippen LogP contribution in [0.5, 0.6) is 5.75 Å². The number of nitrogens with zero attached hydrogens (tertiary/aromatic N) is 4. The van der Waals surface area contributed by atoms with E-state index in [1.807, 2.05) is 65.6 Å². The van der Waals surface area contributed by atoms with E-state index in [4.69, 9.17) is 4.74 Å². The van der Waals surface area contributed by atoms with Crippen molar-refractivity contribution in [3.8, 4) is 16.9 Å². The zero-order chi connectivity index (χ0) is 28.1. The van der Waals surface area contributed by atoms with Crippen molar-refractivity contribution in [2.75, 3.05) is 78.5 Å². The van der Waals surface area contributed by atoms with Crippen molar-refractivity contribution >= 4 is 17.5 Å². The fourth-order valence-corrected chi connectivity index (χ4v) is 5.24. The molecule has 0 aliphatic carbocycles. The second kappa shape index (κ2) is 12.5. The van der Waals surface area contributed by atoms with Gasteiger partial charge in [0.1, 0.15) is 5.75 Å². The summed E-state index contributed by atoms with van der Waals surface area (Å²) in [6.45, 7) is 7.69. The van der Waals surface area contributed by atoms with E-state index in [-0.39, 0.29) is 11.8 Å². The van der Waals surface area contributed by atoms with Gasteiger partial charge in [0.05, 0.1) is 12.8 Å². The van der Waals surface area contributed by atoms with Crippen molar-refractivity contribution in [3.63, 3.8) is 0 Å². The molecule has 0 aromatic heterocycles. The van der Waals surface area contributed by atoms with Crippen LogP contribution in [0.4, 0.5) is 5.69 Å². The maximum Gasteiger partial charge on any atom is 0.253 e. The van der Waals surface area contributed by atoms with Gasteiger partial charge in [0.25, 0.3) is 11.8 Å². The normalized spacial score (nSPS) is 16.6. The first kappa shape index (κ1) is 27.7. The third kappa shape index (κ3) is 6.46. The number of carbonyl (C=O) groups is 2. The van der Waals surface area contributed by atoms with Crippen LogP contribution in [0.1, 0.15) is 26.3 Å². The fourth-order valence-electron chi connectivity index (χ4n) is 5.24. The summed E-state index contributed by atoms with van der Waals surface area (Å²) in [5.74, 6) is 0.822. The van der Waals surface area contributed by atoms with Crippen molar-refractivity contribution in [3.05, 3.63) is 83.4 Å². The lowest BCUT2D eigenvalue weighted by atomic mass is 10.0. The van der Waals surface area contributed by atoms with E-state index in [9.17, 15) is 9.59 Å². The van der Waals surface area contributed by atoms with Crippen molar-refractivity contribution < 1.29 is 14.3 Å². The van der Waals surface area contributed by atoms with Gasteiger partial charge in [0.2, 0.25) is 0 Å². The molecule has 0 bridgehead atoms. The lowest BCUT2D eigenvalue weighted by Gasteiger charge is -2.35. The number of hydrogen-bond acceptors (Lipinski definition) is 6. The van der Waals surface area contributed by atoms with Gasteiger partial charge in [-0.3, -0.25) is 9.59 Å². The first-order chi connectivity index (χ1) is 19.4. The zero-order valence-corrected chi connectivity index (χ0v) is 23.7. The van der Waals surface area contributed by atoms with E-state index in [0.717, 1.165) is 80.5 Å². The summed E-state index contributed by atoms with van der Waals surface area (Å²) < 4.78 is 5.61. The number of rotatable bonds is 7. The topological polar surface area (TPSA) is 68.4 Å². The molecule has 2 amide bonds. The Balaban J connectivity index is 1.18. The van der Waals surface area contributed by atoms with Gasteiger partial charge in [-0.2, -0.15) is 0 Å². The number of hydrogen-bond donors (Lipinski definition) is 1. The molecule has 1 N–H and O–H groups in total. The standard InChI is InChI=1S/C32H39N5O3/c1-34-14-18-36(19-15-34)29-22-24(4-13-30(29)40-3)23-33-31(38)27-9-5-25(6-10-27)26-7-11-28(12-8-26)32(39)37-20-16-35(2)17-21-37/h4-13,22H,14-21,23H2,1-3H3,(H,33,38). The highest BCUT2D eigenvalue weighted by atomic mass is 16.5. The third-order valence-electron chi connectivity index (χ3n) is 7.94. The Kier molecular flexibility index (Phi) is 8.67. The van der Waals surface area contributed by atoms with E-state index in [2.05, 4.69) is 40.2 Å². The number of carbonyl (C=O) groups excluding carboxylic acids is 2. The Morgan fingerprint density at radius 3 is 1.85 bits per heavy atom. The van der Waals surface area contributed by atoms with Crippen LogP contribution >= 0.6 is 0 Å². The van der Waals surface area contributed by atoms with Crippen LogP contribution in [0.2, 0.25) is 0 Å². The van der Waals surface area contributed by atoms with Crippen LogP contribution in [0.25, 0.3) is 11.1 Å². The zero-order valence-electron chi connectivity index (χ0n) is 23.7. The minimum Gasteiger partial charge on any atom is -0.495 e. The second-order valence-corrected chi connectivity index (χ2v) is 10.7. The molecule has 3 aromatic rings. The number of methoxy groups -OCH3 is 1. The highest BCUT2D eigenvalue weighted by Crippen LogP contribution is 2.30. The number of ether oxygens (including phenoxy) is 1. The first-order valence-electron chi connectivity index (χ1n) is 14.0. The largest absolute Gasteiger partial charge is 0.495 e.